The summed E-state index contributed by atoms with van der Waals surface area (Å²) in [7, 11) is 1.83. The van der Waals surface area contributed by atoms with Gasteiger partial charge in [0, 0.05) is 26.1 Å². The van der Waals surface area contributed by atoms with Crippen molar-refractivity contribution >= 4 is 5.96 Å². The lowest BCUT2D eigenvalue weighted by molar-refractivity contribution is 0.153. The quantitative estimate of drug-likeness (QED) is 0.413. The molecule has 148 valence electrons. The van der Waals surface area contributed by atoms with Gasteiger partial charge in [-0.25, -0.2) is 0 Å². The van der Waals surface area contributed by atoms with Crippen molar-refractivity contribution in [3.63, 3.8) is 0 Å². The highest BCUT2D eigenvalue weighted by Crippen LogP contribution is 2.27. The number of nitrogens with zero attached hydrogens (tertiary/aromatic N) is 1. The van der Waals surface area contributed by atoms with Crippen LogP contribution in [0.2, 0.25) is 0 Å². The molecule has 28 heavy (non-hydrogen) atoms. The SMILES string of the molecule is CN=C(NCCC1=CCOCC1)NCCC(c1ccccc1)c1ccccc1. The van der Waals surface area contributed by atoms with E-state index in [1.54, 1.807) is 0 Å². The standard InChI is InChI=1S/C24H31N3O/c1-25-24(26-16-12-20-14-18-28-19-15-20)27-17-13-23(21-8-4-2-5-9-21)22-10-6-3-7-11-22/h2-11,14,23H,12-13,15-19H2,1H3,(H2,25,26,27). The van der Waals surface area contributed by atoms with Crippen LogP contribution in [-0.4, -0.2) is 39.3 Å². The number of benzene rings is 2. The summed E-state index contributed by atoms with van der Waals surface area (Å²) in [5.41, 5.74) is 4.18. The van der Waals surface area contributed by atoms with Crippen LogP contribution >= 0.6 is 0 Å². The molecule has 0 amide bonds. The van der Waals surface area contributed by atoms with Gasteiger partial charge in [-0.1, -0.05) is 72.3 Å². The van der Waals surface area contributed by atoms with Crippen LogP contribution in [0.1, 0.15) is 36.3 Å². The molecule has 0 unspecified atom stereocenters. The molecule has 0 fully saturated rings. The van der Waals surface area contributed by atoms with Gasteiger partial charge in [-0.3, -0.25) is 4.99 Å². The van der Waals surface area contributed by atoms with Crippen molar-refractivity contribution in [3.05, 3.63) is 83.4 Å². The van der Waals surface area contributed by atoms with Gasteiger partial charge in [0.2, 0.25) is 0 Å². The third-order valence-corrected chi connectivity index (χ3v) is 5.15. The van der Waals surface area contributed by atoms with Crippen molar-refractivity contribution in [2.24, 2.45) is 4.99 Å². The highest BCUT2D eigenvalue weighted by atomic mass is 16.5. The van der Waals surface area contributed by atoms with Gasteiger partial charge in [0.1, 0.15) is 0 Å². The molecule has 0 spiro atoms. The molecule has 1 aliphatic rings. The Kier molecular flexibility index (Phi) is 8.13. The van der Waals surface area contributed by atoms with Crippen molar-refractivity contribution in [2.75, 3.05) is 33.4 Å². The average molecular weight is 378 g/mol. The summed E-state index contributed by atoms with van der Waals surface area (Å²) in [6.45, 7) is 3.36. The number of ether oxygens (including phenoxy) is 1. The average Bonchev–Trinajstić information content (AvgIpc) is 2.77. The molecule has 2 aromatic carbocycles. The Morgan fingerprint density at radius 2 is 1.61 bits per heavy atom. The molecule has 2 N–H and O–H groups in total. The first-order valence-electron chi connectivity index (χ1n) is 10.2. The van der Waals surface area contributed by atoms with Crippen molar-refractivity contribution in [2.45, 2.75) is 25.2 Å². The molecule has 3 rings (SSSR count). The van der Waals surface area contributed by atoms with Gasteiger partial charge in [-0.15, -0.1) is 0 Å². The van der Waals surface area contributed by atoms with Crippen LogP contribution in [0.15, 0.2) is 77.3 Å². The van der Waals surface area contributed by atoms with E-state index < -0.39 is 0 Å². The molecule has 2 aromatic rings. The van der Waals surface area contributed by atoms with Crippen molar-refractivity contribution in [1.82, 2.24) is 10.6 Å². The van der Waals surface area contributed by atoms with Crippen LogP contribution in [0, 0.1) is 0 Å². The Hall–Kier alpha value is -2.59. The van der Waals surface area contributed by atoms with Crippen LogP contribution in [0.5, 0.6) is 0 Å². The summed E-state index contributed by atoms with van der Waals surface area (Å²) in [5, 5.41) is 6.90. The van der Waals surface area contributed by atoms with Crippen LogP contribution in [-0.2, 0) is 4.74 Å². The number of rotatable bonds is 8. The topological polar surface area (TPSA) is 45.7 Å². The molecule has 0 aromatic heterocycles. The first kappa shape index (κ1) is 20.2. The van der Waals surface area contributed by atoms with E-state index in [-0.39, 0.29) is 0 Å². The van der Waals surface area contributed by atoms with Crippen molar-refractivity contribution in [3.8, 4) is 0 Å². The molecule has 0 aliphatic carbocycles. The molecule has 4 nitrogen and oxygen atoms in total. The van der Waals surface area contributed by atoms with E-state index in [0.29, 0.717) is 5.92 Å². The second-order valence-corrected chi connectivity index (χ2v) is 7.03. The van der Waals surface area contributed by atoms with Crippen LogP contribution in [0.4, 0.5) is 0 Å². The molecule has 4 heteroatoms. The van der Waals surface area contributed by atoms with E-state index in [0.717, 1.165) is 51.5 Å². The molecule has 0 saturated heterocycles. The van der Waals surface area contributed by atoms with Crippen LogP contribution < -0.4 is 10.6 Å². The number of guanidine groups is 1. The van der Waals surface area contributed by atoms with Gasteiger partial charge in [0.15, 0.2) is 5.96 Å². The predicted octanol–water partition coefficient (Wildman–Crippen LogP) is 4.11. The highest BCUT2D eigenvalue weighted by Gasteiger charge is 2.13. The van der Waals surface area contributed by atoms with E-state index in [9.17, 15) is 0 Å². The zero-order chi connectivity index (χ0) is 19.4. The number of nitrogens with one attached hydrogen (secondary N) is 2. The smallest absolute Gasteiger partial charge is 0.190 e. The normalized spacial score (nSPS) is 14.6. The van der Waals surface area contributed by atoms with Gasteiger partial charge in [0.25, 0.3) is 0 Å². The third-order valence-electron chi connectivity index (χ3n) is 5.15. The lowest BCUT2D eigenvalue weighted by atomic mass is 9.88. The van der Waals surface area contributed by atoms with Crippen molar-refractivity contribution < 1.29 is 4.74 Å². The van der Waals surface area contributed by atoms with Gasteiger partial charge < -0.3 is 15.4 Å². The van der Waals surface area contributed by atoms with E-state index in [2.05, 4.69) is 82.4 Å². The van der Waals surface area contributed by atoms with Crippen LogP contribution in [0.3, 0.4) is 0 Å². The first-order chi connectivity index (χ1) is 13.9. The molecular formula is C24H31N3O. The summed E-state index contributed by atoms with van der Waals surface area (Å²) in [6, 6.07) is 21.5. The fourth-order valence-corrected chi connectivity index (χ4v) is 3.59. The lowest BCUT2D eigenvalue weighted by Gasteiger charge is -2.20. The third kappa shape index (κ3) is 6.24. The maximum atomic E-state index is 5.36. The number of hydrogen-bond donors (Lipinski definition) is 2. The second kappa shape index (κ2) is 11.3. The minimum absolute atomic E-state index is 0.375. The monoisotopic (exact) mass is 377 g/mol. The fourth-order valence-electron chi connectivity index (χ4n) is 3.59. The molecular weight excluding hydrogens is 346 g/mol. The lowest BCUT2D eigenvalue weighted by Crippen LogP contribution is -2.38. The van der Waals surface area contributed by atoms with Crippen LogP contribution in [0.25, 0.3) is 0 Å². The van der Waals surface area contributed by atoms with Gasteiger partial charge in [0.05, 0.1) is 13.2 Å². The van der Waals surface area contributed by atoms with Gasteiger partial charge in [-0.05, 0) is 30.4 Å². The number of hydrogen-bond acceptors (Lipinski definition) is 2. The Morgan fingerprint density at radius 1 is 0.964 bits per heavy atom. The zero-order valence-electron chi connectivity index (χ0n) is 16.7. The summed E-state index contributed by atoms with van der Waals surface area (Å²) in [5.74, 6) is 1.24. The zero-order valence-corrected chi connectivity index (χ0v) is 16.7. The Morgan fingerprint density at radius 3 is 2.18 bits per heavy atom. The number of aliphatic imine (C=N–C) groups is 1. The van der Waals surface area contributed by atoms with E-state index in [4.69, 9.17) is 4.74 Å². The fraction of sp³-hybridized carbons (Fsp3) is 0.375. The van der Waals surface area contributed by atoms with Gasteiger partial charge in [-0.2, -0.15) is 0 Å². The molecule has 0 radical (unpaired) electrons. The Labute approximate surface area is 168 Å². The predicted molar refractivity (Wildman–Crippen MR) is 117 cm³/mol. The molecule has 0 atom stereocenters. The highest BCUT2D eigenvalue weighted by molar-refractivity contribution is 5.79. The van der Waals surface area contributed by atoms with Gasteiger partial charge >= 0.3 is 0 Å². The maximum Gasteiger partial charge on any atom is 0.190 e. The van der Waals surface area contributed by atoms with Crippen molar-refractivity contribution in [1.29, 1.82) is 0 Å². The second-order valence-electron chi connectivity index (χ2n) is 7.03. The van der Waals surface area contributed by atoms with E-state index >= 15 is 0 Å². The Bertz CT molecular complexity index is 716. The summed E-state index contributed by atoms with van der Waals surface area (Å²) >= 11 is 0. The summed E-state index contributed by atoms with van der Waals surface area (Å²) in [6.07, 6.45) is 5.30. The largest absolute Gasteiger partial charge is 0.377 e. The minimum Gasteiger partial charge on any atom is -0.377 e. The first-order valence-corrected chi connectivity index (χ1v) is 10.2. The summed E-state index contributed by atoms with van der Waals surface area (Å²) < 4.78 is 5.36. The summed E-state index contributed by atoms with van der Waals surface area (Å²) in [4.78, 5) is 4.36. The molecule has 0 saturated carbocycles. The van der Waals surface area contributed by atoms with E-state index in [1.807, 2.05) is 7.05 Å². The Balaban J connectivity index is 1.50. The molecule has 1 aliphatic heterocycles. The molecule has 1 heterocycles. The minimum atomic E-state index is 0.375. The maximum absolute atomic E-state index is 5.36. The molecule has 0 bridgehead atoms. The van der Waals surface area contributed by atoms with E-state index in [1.165, 1.54) is 16.7 Å².